The van der Waals surface area contributed by atoms with Crippen molar-refractivity contribution in [3.63, 3.8) is 0 Å². The second-order valence-electron chi connectivity index (χ2n) is 5.34. The van der Waals surface area contributed by atoms with Crippen LogP contribution in [0, 0.1) is 17.8 Å². The second-order valence-corrected chi connectivity index (χ2v) is 5.34. The van der Waals surface area contributed by atoms with Gasteiger partial charge in [-0.15, -0.1) is 0 Å². The Kier molecular flexibility index (Phi) is 4.22. The van der Waals surface area contributed by atoms with Gasteiger partial charge in [0.15, 0.2) is 0 Å². The Balaban J connectivity index is 1.65. The van der Waals surface area contributed by atoms with Crippen LogP contribution in [0.4, 0.5) is 0 Å². The van der Waals surface area contributed by atoms with Crippen molar-refractivity contribution >= 4 is 5.97 Å². The third kappa shape index (κ3) is 2.97. The number of nitrogens with one attached hydrogen (secondary N) is 1. The van der Waals surface area contributed by atoms with E-state index in [9.17, 15) is 4.79 Å². The molecule has 1 aliphatic carbocycles. The second kappa shape index (κ2) is 5.67. The van der Waals surface area contributed by atoms with Gasteiger partial charge in [0, 0.05) is 0 Å². The van der Waals surface area contributed by atoms with E-state index in [0.717, 1.165) is 13.1 Å². The number of rotatable bonds is 4. The first kappa shape index (κ1) is 11.9. The summed E-state index contributed by atoms with van der Waals surface area (Å²) in [5, 5.41) is 3.19. The van der Waals surface area contributed by atoms with Gasteiger partial charge in [0.25, 0.3) is 0 Å². The Morgan fingerprint density at radius 3 is 2.56 bits per heavy atom. The minimum atomic E-state index is 0.0112. The molecule has 0 spiro atoms. The van der Waals surface area contributed by atoms with Gasteiger partial charge in [-0.25, -0.2) is 0 Å². The van der Waals surface area contributed by atoms with Crippen molar-refractivity contribution in [2.45, 2.75) is 39.0 Å². The Morgan fingerprint density at radius 2 is 2.00 bits per heavy atom. The normalized spacial score (nSPS) is 24.8. The van der Waals surface area contributed by atoms with E-state index in [-0.39, 0.29) is 11.9 Å². The van der Waals surface area contributed by atoms with E-state index in [1.165, 1.54) is 32.1 Å². The molecule has 1 atom stereocenters. The molecule has 92 valence electrons. The summed E-state index contributed by atoms with van der Waals surface area (Å²) < 4.78 is 5.43. The van der Waals surface area contributed by atoms with Crippen molar-refractivity contribution in [3.8, 4) is 0 Å². The molecule has 3 nitrogen and oxygen atoms in total. The number of ether oxygens (including phenoxy) is 1. The van der Waals surface area contributed by atoms with Gasteiger partial charge in [0.1, 0.15) is 0 Å². The van der Waals surface area contributed by atoms with E-state index >= 15 is 0 Å². The molecule has 1 heterocycles. The van der Waals surface area contributed by atoms with Crippen molar-refractivity contribution in [2.24, 2.45) is 17.8 Å². The summed E-state index contributed by atoms with van der Waals surface area (Å²) in [4.78, 5) is 11.8. The Hall–Kier alpha value is -0.570. The average Bonchev–Trinajstić information content (AvgIpc) is 2.25. The van der Waals surface area contributed by atoms with Gasteiger partial charge >= 0.3 is 5.97 Å². The summed E-state index contributed by atoms with van der Waals surface area (Å²) in [5.41, 5.74) is 0. The molecule has 0 aromatic heterocycles. The lowest BCUT2D eigenvalue weighted by atomic mass is 9.88. The summed E-state index contributed by atoms with van der Waals surface area (Å²) in [6.45, 7) is 4.59. The minimum absolute atomic E-state index is 0.0112. The van der Waals surface area contributed by atoms with E-state index in [4.69, 9.17) is 4.74 Å². The highest BCUT2D eigenvalue weighted by Crippen LogP contribution is 2.24. The van der Waals surface area contributed by atoms with Gasteiger partial charge < -0.3 is 10.1 Å². The number of carbonyl (C=O) groups excluding carboxylic acids is 1. The molecule has 1 saturated heterocycles. The maximum Gasteiger partial charge on any atom is 0.309 e. The smallest absolute Gasteiger partial charge is 0.309 e. The van der Waals surface area contributed by atoms with Gasteiger partial charge in [-0.2, -0.15) is 0 Å². The van der Waals surface area contributed by atoms with E-state index in [1.54, 1.807) is 0 Å². The standard InChI is InChI=1S/C13H23NO2/c1-10(12-7-14-8-12)13(15)16-9-11-5-3-2-4-6-11/h10-12,14H,2-9H2,1H3. The van der Waals surface area contributed by atoms with Crippen molar-refractivity contribution in [1.82, 2.24) is 5.32 Å². The molecule has 1 saturated carbocycles. The molecule has 1 aliphatic heterocycles. The van der Waals surface area contributed by atoms with Gasteiger partial charge in [0.05, 0.1) is 12.5 Å². The third-order valence-electron chi connectivity index (χ3n) is 4.08. The van der Waals surface area contributed by atoms with E-state index < -0.39 is 0 Å². The van der Waals surface area contributed by atoms with Crippen molar-refractivity contribution in [3.05, 3.63) is 0 Å². The van der Waals surface area contributed by atoms with Gasteiger partial charge in [-0.3, -0.25) is 4.79 Å². The van der Waals surface area contributed by atoms with Crippen LogP contribution in [0.2, 0.25) is 0 Å². The minimum Gasteiger partial charge on any atom is -0.465 e. The van der Waals surface area contributed by atoms with Crippen LogP contribution in [-0.4, -0.2) is 25.7 Å². The lowest BCUT2D eigenvalue weighted by molar-refractivity contribution is -0.152. The molecule has 2 rings (SSSR count). The molecule has 0 aromatic rings. The van der Waals surface area contributed by atoms with Gasteiger partial charge in [-0.1, -0.05) is 26.2 Å². The highest BCUT2D eigenvalue weighted by atomic mass is 16.5. The zero-order valence-electron chi connectivity index (χ0n) is 10.2. The number of esters is 1. The third-order valence-corrected chi connectivity index (χ3v) is 4.08. The van der Waals surface area contributed by atoms with Crippen LogP contribution in [0.3, 0.4) is 0 Å². The van der Waals surface area contributed by atoms with E-state index in [0.29, 0.717) is 18.4 Å². The first-order valence-corrected chi connectivity index (χ1v) is 6.64. The summed E-state index contributed by atoms with van der Waals surface area (Å²) in [7, 11) is 0. The predicted molar refractivity (Wildman–Crippen MR) is 63.1 cm³/mol. The van der Waals surface area contributed by atoms with Crippen molar-refractivity contribution in [1.29, 1.82) is 0 Å². The van der Waals surface area contributed by atoms with Crippen LogP contribution in [0.1, 0.15) is 39.0 Å². The number of carbonyl (C=O) groups is 1. The fraction of sp³-hybridized carbons (Fsp3) is 0.923. The Morgan fingerprint density at radius 1 is 1.31 bits per heavy atom. The van der Waals surface area contributed by atoms with Gasteiger partial charge in [0.2, 0.25) is 0 Å². The van der Waals surface area contributed by atoms with E-state index in [2.05, 4.69) is 5.32 Å². The van der Waals surface area contributed by atoms with Crippen LogP contribution in [0.25, 0.3) is 0 Å². The lowest BCUT2D eigenvalue weighted by Crippen LogP contribution is -2.47. The van der Waals surface area contributed by atoms with Crippen LogP contribution >= 0.6 is 0 Å². The summed E-state index contributed by atoms with van der Waals surface area (Å²) in [5.74, 6) is 1.21. The van der Waals surface area contributed by atoms with Crippen LogP contribution in [0.15, 0.2) is 0 Å². The SMILES string of the molecule is CC(C(=O)OCC1CCCCC1)C1CNC1. The first-order chi connectivity index (χ1) is 7.77. The predicted octanol–water partition coefficient (Wildman–Crippen LogP) is 1.97. The maximum absolute atomic E-state index is 11.8. The average molecular weight is 225 g/mol. The summed E-state index contributed by atoms with van der Waals surface area (Å²) in [6.07, 6.45) is 6.46. The molecule has 2 aliphatic rings. The van der Waals surface area contributed by atoms with Gasteiger partial charge in [-0.05, 0) is 37.8 Å². The summed E-state index contributed by atoms with van der Waals surface area (Å²) in [6, 6.07) is 0. The van der Waals surface area contributed by atoms with Crippen LogP contribution in [-0.2, 0) is 9.53 Å². The quantitative estimate of drug-likeness (QED) is 0.743. The molecule has 16 heavy (non-hydrogen) atoms. The molecular formula is C13H23NO2. The van der Waals surface area contributed by atoms with Crippen LogP contribution in [0.5, 0.6) is 0 Å². The molecule has 0 aromatic carbocycles. The first-order valence-electron chi connectivity index (χ1n) is 6.64. The molecule has 0 amide bonds. The molecule has 1 N–H and O–H groups in total. The molecule has 3 heteroatoms. The molecule has 0 bridgehead atoms. The maximum atomic E-state index is 11.8. The fourth-order valence-corrected chi connectivity index (χ4v) is 2.54. The van der Waals surface area contributed by atoms with Crippen molar-refractivity contribution < 1.29 is 9.53 Å². The Bertz CT molecular complexity index is 232. The fourth-order valence-electron chi connectivity index (χ4n) is 2.54. The van der Waals surface area contributed by atoms with Crippen molar-refractivity contribution in [2.75, 3.05) is 19.7 Å². The zero-order valence-corrected chi connectivity index (χ0v) is 10.2. The monoisotopic (exact) mass is 225 g/mol. The van der Waals surface area contributed by atoms with Crippen LogP contribution < -0.4 is 5.32 Å². The lowest BCUT2D eigenvalue weighted by Gasteiger charge is -2.31. The highest BCUT2D eigenvalue weighted by molar-refractivity contribution is 5.72. The number of hydrogen-bond donors (Lipinski definition) is 1. The topological polar surface area (TPSA) is 38.3 Å². The summed E-state index contributed by atoms with van der Waals surface area (Å²) >= 11 is 0. The van der Waals surface area contributed by atoms with E-state index in [1.807, 2.05) is 6.92 Å². The molecule has 2 fully saturated rings. The molecular weight excluding hydrogens is 202 g/mol. The highest BCUT2D eigenvalue weighted by Gasteiger charge is 2.30. The number of hydrogen-bond acceptors (Lipinski definition) is 3. The molecule has 0 radical (unpaired) electrons. The zero-order chi connectivity index (χ0) is 11.4. The molecule has 1 unspecified atom stereocenters. The largest absolute Gasteiger partial charge is 0.465 e. The Labute approximate surface area is 97.9 Å².